The topological polar surface area (TPSA) is 86.2 Å². The van der Waals surface area contributed by atoms with E-state index in [1.807, 2.05) is 0 Å². The van der Waals surface area contributed by atoms with Crippen LogP contribution in [0.25, 0.3) is 0 Å². The lowest BCUT2D eigenvalue weighted by molar-refractivity contribution is -0.156. The molecule has 5 heteroatoms. The molecule has 1 aromatic heterocycles. The van der Waals surface area contributed by atoms with E-state index in [1.54, 1.807) is 6.07 Å². The third kappa shape index (κ3) is 1.82. The second-order valence-electron chi connectivity index (χ2n) is 2.84. The molecule has 66 valence electrons. The Morgan fingerprint density at radius 1 is 1.83 bits per heavy atom. The van der Waals surface area contributed by atoms with E-state index in [-0.39, 0.29) is 6.42 Å². The molecule has 12 heavy (non-hydrogen) atoms. The molecule has 0 amide bonds. The van der Waals surface area contributed by atoms with Crippen molar-refractivity contribution in [2.45, 2.75) is 18.9 Å². The second-order valence-corrected chi connectivity index (χ2v) is 2.84. The number of hydrogen-bond acceptors (Lipinski definition) is 3. The van der Waals surface area contributed by atoms with Crippen molar-refractivity contribution < 1.29 is 15.0 Å². The third-order valence-corrected chi connectivity index (χ3v) is 1.55. The van der Waals surface area contributed by atoms with Crippen molar-refractivity contribution in [3.05, 3.63) is 18.0 Å². The van der Waals surface area contributed by atoms with Gasteiger partial charge in [-0.2, -0.15) is 5.10 Å². The number of rotatable bonds is 3. The number of carbonyl (C=O) groups is 1. The Morgan fingerprint density at radius 3 is 2.92 bits per heavy atom. The molecule has 1 unspecified atom stereocenters. The van der Waals surface area contributed by atoms with E-state index in [1.165, 1.54) is 13.1 Å². The number of nitrogens with zero attached hydrogens (tertiary/aromatic N) is 1. The van der Waals surface area contributed by atoms with Crippen LogP contribution >= 0.6 is 0 Å². The number of aliphatic hydroxyl groups is 1. The molecule has 3 N–H and O–H groups in total. The summed E-state index contributed by atoms with van der Waals surface area (Å²) in [6, 6.07) is 1.62. The lowest BCUT2D eigenvalue weighted by atomic mass is 10.0. The van der Waals surface area contributed by atoms with Gasteiger partial charge in [-0.3, -0.25) is 5.10 Å². The van der Waals surface area contributed by atoms with Crippen LogP contribution in [0.4, 0.5) is 0 Å². The molecule has 0 aliphatic heterocycles. The molecular weight excluding hydrogens is 160 g/mol. The first-order chi connectivity index (χ1) is 5.52. The maximum Gasteiger partial charge on any atom is 0.335 e. The fourth-order valence-corrected chi connectivity index (χ4v) is 0.830. The molecule has 1 aromatic rings. The minimum Gasteiger partial charge on any atom is -0.479 e. The lowest BCUT2D eigenvalue weighted by Gasteiger charge is -2.15. The smallest absolute Gasteiger partial charge is 0.335 e. The number of carboxylic acid groups (broad SMARTS) is 1. The standard InChI is InChI=1S/C7H10N2O3/c1-7(12,6(10)11)4-5-2-3-8-9-5/h2-3,12H,4H2,1H3,(H,8,9)(H,10,11). The summed E-state index contributed by atoms with van der Waals surface area (Å²) in [6.07, 6.45) is 1.54. The molecule has 0 aliphatic carbocycles. The highest BCUT2D eigenvalue weighted by atomic mass is 16.4. The van der Waals surface area contributed by atoms with E-state index >= 15 is 0 Å². The number of nitrogens with one attached hydrogen (secondary N) is 1. The largest absolute Gasteiger partial charge is 0.479 e. The molecule has 0 radical (unpaired) electrons. The van der Waals surface area contributed by atoms with E-state index < -0.39 is 11.6 Å². The molecule has 5 nitrogen and oxygen atoms in total. The molecule has 0 bridgehead atoms. The average Bonchev–Trinajstić information content (AvgIpc) is 2.38. The molecule has 0 saturated heterocycles. The van der Waals surface area contributed by atoms with Crippen molar-refractivity contribution in [1.29, 1.82) is 0 Å². The molecule has 0 fully saturated rings. The molecule has 0 saturated carbocycles. The molecular formula is C7H10N2O3. The number of aliphatic carboxylic acids is 1. The molecule has 1 rings (SSSR count). The van der Waals surface area contributed by atoms with Gasteiger partial charge in [0.15, 0.2) is 5.60 Å². The van der Waals surface area contributed by atoms with Gasteiger partial charge in [-0.1, -0.05) is 0 Å². The molecule has 0 aromatic carbocycles. The van der Waals surface area contributed by atoms with Gasteiger partial charge < -0.3 is 10.2 Å². The highest BCUT2D eigenvalue weighted by molar-refractivity contribution is 5.76. The van der Waals surface area contributed by atoms with Crippen molar-refractivity contribution >= 4 is 5.97 Å². The van der Waals surface area contributed by atoms with Crippen molar-refractivity contribution in [3.63, 3.8) is 0 Å². The summed E-state index contributed by atoms with van der Waals surface area (Å²) in [7, 11) is 0. The van der Waals surface area contributed by atoms with Crippen molar-refractivity contribution in [2.75, 3.05) is 0 Å². The molecule has 0 aliphatic rings. The van der Waals surface area contributed by atoms with Gasteiger partial charge in [-0.15, -0.1) is 0 Å². The highest BCUT2D eigenvalue weighted by Gasteiger charge is 2.30. The summed E-state index contributed by atoms with van der Waals surface area (Å²) in [5, 5.41) is 24.1. The van der Waals surface area contributed by atoms with E-state index in [4.69, 9.17) is 5.11 Å². The summed E-state index contributed by atoms with van der Waals surface area (Å²) in [6.45, 7) is 1.25. The first-order valence-electron chi connectivity index (χ1n) is 3.46. The van der Waals surface area contributed by atoms with Crippen LogP contribution in [0, 0.1) is 0 Å². The van der Waals surface area contributed by atoms with Crippen molar-refractivity contribution in [3.8, 4) is 0 Å². The fourth-order valence-electron chi connectivity index (χ4n) is 0.830. The van der Waals surface area contributed by atoms with Gasteiger partial charge in [-0.05, 0) is 13.0 Å². The number of hydrogen-bond donors (Lipinski definition) is 3. The van der Waals surface area contributed by atoms with Crippen LogP contribution in [0.3, 0.4) is 0 Å². The predicted octanol–water partition coefficient (Wildman–Crippen LogP) is -0.212. The number of aromatic amines is 1. The zero-order valence-corrected chi connectivity index (χ0v) is 6.61. The number of carboxylic acids is 1. The van der Waals surface area contributed by atoms with Crippen LogP contribution < -0.4 is 0 Å². The number of aromatic nitrogens is 2. The van der Waals surface area contributed by atoms with E-state index in [2.05, 4.69) is 10.2 Å². The first-order valence-corrected chi connectivity index (χ1v) is 3.46. The molecule has 0 spiro atoms. The van der Waals surface area contributed by atoms with Gasteiger partial charge in [0, 0.05) is 18.3 Å². The maximum atomic E-state index is 10.5. The Hall–Kier alpha value is -1.36. The Balaban J connectivity index is 2.69. The molecule has 1 heterocycles. The Morgan fingerprint density at radius 2 is 2.50 bits per heavy atom. The number of H-pyrrole nitrogens is 1. The van der Waals surface area contributed by atoms with Crippen LogP contribution in [0.15, 0.2) is 12.3 Å². The SMILES string of the molecule is CC(O)(Cc1ccn[nH]1)C(=O)O. The zero-order valence-electron chi connectivity index (χ0n) is 6.61. The molecule has 1 atom stereocenters. The monoisotopic (exact) mass is 170 g/mol. The normalized spacial score (nSPS) is 15.5. The van der Waals surface area contributed by atoms with Crippen molar-refractivity contribution in [1.82, 2.24) is 10.2 Å². The Kier molecular flexibility index (Phi) is 2.14. The Bertz CT molecular complexity index is 266. The highest BCUT2D eigenvalue weighted by Crippen LogP contribution is 2.10. The van der Waals surface area contributed by atoms with Crippen LogP contribution in [0.5, 0.6) is 0 Å². The van der Waals surface area contributed by atoms with Gasteiger partial charge in [0.25, 0.3) is 0 Å². The van der Waals surface area contributed by atoms with Gasteiger partial charge >= 0.3 is 5.97 Å². The van der Waals surface area contributed by atoms with Gasteiger partial charge in [0.05, 0.1) is 0 Å². The quantitative estimate of drug-likeness (QED) is 0.585. The van der Waals surface area contributed by atoms with Crippen LogP contribution in [-0.2, 0) is 11.2 Å². The third-order valence-electron chi connectivity index (χ3n) is 1.55. The van der Waals surface area contributed by atoms with Crippen LogP contribution in [-0.4, -0.2) is 32.0 Å². The maximum absolute atomic E-state index is 10.5. The summed E-state index contributed by atoms with van der Waals surface area (Å²) in [5.41, 5.74) is -1.13. The van der Waals surface area contributed by atoms with Gasteiger partial charge in [0.2, 0.25) is 0 Å². The zero-order chi connectivity index (χ0) is 9.19. The second kappa shape index (κ2) is 2.94. The van der Waals surface area contributed by atoms with Gasteiger partial charge in [0.1, 0.15) is 0 Å². The minimum absolute atomic E-state index is 0.0301. The van der Waals surface area contributed by atoms with Gasteiger partial charge in [-0.25, -0.2) is 4.79 Å². The van der Waals surface area contributed by atoms with E-state index in [0.29, 0.717) is 5.69 Å². The summed E-state index contributed by atoms with van der Waals surface area (Å²) in [5.74, 6) is -1.24. The van der Waals surface area contributed by atoms with Crippen LogP contribution in [0.2, 0.25) is 0 Å². The first kappa shape index (κ1) is 8.73. The van der Waals surface area contributed by atoms with Crippen LogP contribution in [0.1, 0.15) is 12.6 Å². The summed E-state index contributed by atoms with van der Waals surface area (Å²) in [4.78, 5) is 10.5. The minimum atomic E-state index is -1.73. The predicted molar refractivity (Wildman–Crippen MR) is 40.6 cm³/mol. The van der Waals surface area contributed by atoms with E-state index in [9.17, 15) is 9.90 Å². The van der Waals surface area contributed by atoms with Crippen molar-refractivity contribution in [2.24, 2.45) is 0 Å². The Labute approximate surface area is 69.0 Å². The summed E-state index contributed by atoms with van der Waals surface area (Å²) < 4.78 is 0. The summed E-state index contributed by atoms with van der Waals surface area (Å²) >= 11 is 0. The average molecular weight is 170 g/mol. The van der Waals surface area contributed by atoms with E-state index in [0.717, 1.165) is 0 Å². The lowest BCUT2D eigenvalue weighted by Crippen LogP contribution is -2.37. The fraction of sp³-hybridized carbons (Fsp3) is 0.429.